The Bertz CT molecular complexity index is 1020. The summed E-state index contributed by atoms with van der Waals surface area (Å²) in [4.78, 5) is 4.53. The molecule has 3 aromatic heterocycles. The van der Waals surface area contributed by atoms with Gasteiger partial charge in [-0.2, -0.15) is 0 Å². The molecule has 0 unspecified atom stereocenters. The molecule has 8 heteroatoms. The number of nitrogens with zero attached hydrogens (tertiary/aromatic N) is 4. The predicted molar refractivity (Wildman–Crippen MR) is 97.2 cm³/mol. The van der Waals surface area contributed by atoms with Crippen molar-refractivity contribution >= 4 is 44.9 Å². The second-order valence-electron chi connectivity index (χ2n) is 5.02. The van der Waals surface area contributed by atoms with Gasteiger partial charge in [-0.25, -0.2) is 4.98 Å². The second-order valence-corrected chi connectivity index (χ2v) is 7.30. The standard InChI is InChI=1S/C16H10BrClN4OS/c17-11-3-1-2-10(6-11)15-20-21-16(23-15)24-9-13-8-22-7-12(18)4-5-14(22)19-13/h1-8H,9H2. The normalized spacial score (nSPS) is 11.2. The van der Waals surface area contributed by atoms with Crippen molar-refractivity contribution in [3.05, 3.63) is 64.0 Å². The molecule has 0 amide bonds. The molecule has 4 aromatic rings. The molecular formula is C16H10BrClN4OS. The molecular weight excluding hydrogens is 412 g/mol. The lowest BCUT2D eigenvalue weighted by atomic mass is 10.2. The minimum atomic E-state index is 0.501. The van der Waals surface area contributed by atoms with Gasteiger partial charge in [0.15, 0.2) is 0 Å². The molecule has 0 bridgehead atoms. The molecule has 0 radical (unpaired) electrons. The highest BCUT2D eigenvalue weighted by atomic mass is 79.9. The van der Waals surface area contributed by atoms with Crippen LogP contribution in [0, 0.1) is 0 Å². The van der Waals surface area contributed by atoms with Crippen molar-refractivity contribution in [2.45, 2.75) is 11.0 Å². The average molecular weight is 422 g/mol. The van der Waals surface area contributed by atoms with Gasteiger partial charge in [0, 0.05) is 28.2 Å². The molecule has 24 heavy (non-hydrogen) atoms. The number of benzene rings is 1. The van der Waals surface area contributed by atoms with Gasteiger partial charge >= 0.3 is 0 Å². The van der Waals surface area contributed by atoms with Crippen LogP contribution in [0.15, 0.2) is 62.9 Å². The van der Waals surface area contributed by atoms with E-state index in [-0.39, 0.29) is 0 Å². The first-order valence-corrected chi connectivity index (χ1v) is 9.18. The van der Waals surface area contributed by atoms with Crippen molar-refractivity contribution < 1.29 is 4.42 Å². The van der Waals surface area contributed by atoms with E-state index in [0.717, 1.165) is 21.4 Å². The summed E-state index contributed by atoms with van der Waals surface area (Å²) in [5, 5.41) is 9.36. The van der Waals surface area contributed by atoms with E-state index in [1.54, 1.807) is 0 Å². The third kappa shape index (κ3) is 3.33. The molecule has 0 saturated heterocycles. The van der Waals surface area contributed by atoms with Crippen LogP contribution in [0.5, 0.6) is 0 Å². The van der Waals surface area contributed by atoms with Gasteiger partial charge in [-0.3, -0.25) is 0 Å². The lowest BCUT2D eigenvalue weighted by Gasteiger charge is -1.95. The summed E-state index contributed by atoms with van der Waals surface area (Å²) in [5.41, 5.74) is 2.66. The zero-order chi connectivity index (χ0) is 16.5. The van der Waals surface area contributed by atoms with Crippen molar-refractivity contribution in [1.82, 2.24) is 19.6 Å². The number of pyridine rings is 1. The van der Waals surface area contributed by atoms with E-state index < -0.39 is 0 Å². The molecule has 0 N–H and O–H groups in total. The van der Waals surface area contributed by atoms with Crippen LogP contribution in [-0.2, 0) is 5.75 Å². The number of hydrogen-bond acceptors (Lipinski definition) is 5. The zero-order valence-corrected chi connectivity index (χ0v) is 15.3. The van der Waals surface area contributed by atoms with E-state index in [0.29, 0.717) is 21.9 Å². The van der Waals surface area contributed by atoms with Gasteiger partial charge in [0.05, 0.1) is 10.7 Å². The smallest absolute Gasteiger partial charge is 0.277 e. The highest BCUT2D eigenvalue weighted by Gasteiger charge is 2.11. The SMILES string of the molecule is Clc1ccc2nc(CSc3nnc(-c4cccc(Br)c4)o3)cn2c1. The van der Waals surface area contributed by atoms with E-state index in [1.807, 2.05) is 53.2 Å². The Balaban J connectivity index is 1.49. The van der Waals surface area contributed by atoms with Crippen molar-refractivity contribution in [3.8, 4) is 11.5 Å². The number of thioether (sulfide) groups is 1. The van der Waals surface area contributed by atoms with E-state index in [2.05, 4.69) is 31.1 Å². The number of rotatable bonds is 4. The summed E-state index contributed by atoms with van der Waals surface area (Å²) in [6.45, 7) is 0. The quantitative estimate of drug-likeness (QED) is 0.429. The maximum Gasteiger partial charge on any atom is 0.277 e. The third-order valence-corrected chi connectivity index (χ3v) is 4.86. The first kappa shape index (κ1) is 15.7. The molecule has 0 spiro atoms. The molecule has 5 nitrogen and oxygen atoms in total. The van der Waals surface area contributed by atoms with Crippen LogP contribution in [-0.4, -0.2) is 19.6 Å². The predicted octanol–water partition coefficient (Wildman–Crippen LogP) is 5.09. The number of imidazole rings is 1. The Kier molecular flexibility index (Phi) is 4.30. The fraction of sp³-hybridized carbons (Fsp3) is 0.0625. The number of aromatic nitrogens is 4. The van der Waals surface area contributed by atoms with Crippen molar-refractivity contribution in [2.75, 3.05) is 0 Å². The largest absolute Gasteiger partial charge is 0.411 e. The Morgan fingerprint density at radius 1 is 1.17 bits per heavy atom. The third-order valence-electron chi connectivity index (χ3n) is 3.29. The second kappa shape index (κ2) is 6.58. The number of fused-ring (bicyclic) bond motifs is 1. The number of hydrogen-bond donors (Lipinski definition) is 0. The Labute approximate surface area is 155 Å². The Morgan fingerprint density at radius 3 is 2.96 bits per heavy atom. The van der Waals surface area contributed by atoms with Crippen molar-refractivity contribution in [1.29, 1.82) is 0 Å². The van der Waals surface area contributed by atoms with Gasteiger partial charge < -0.3 is 8.82 Å². The summed E-state index contributed by atoms with van der Waals surface area (Å²) in [6.07, 6.45) is 3.77. The molecule has 0 aliphatic rings. The fourth-order valence-corrected chi connectivity index (χ4v) is 3.44. The zero-order valence-electron chi connectivity index (χ0n) is 12.2. The van der Waals surface area contributed by atoms with Gasteiger partial charge in [0.25, 0.3) is 5.22 Å². The molecule has 0 aliphatic heterocycles. The molecule has 0 atom stereocenters. The minimum Gasteiger partial charge on any atom is -0.411 e. The highest BCUT2D eigenvalue weighted by Crippen LogP contribution is 2.27. The number of halogens is 2. The van der Waals surface area contributed by atoms with Crippen LogP contribution >= 0.6 is 39.3 Å². The molecule has 120 valence electrons. The Morgan fingerprint density at radius 2 is 2.08 bits per heavy atom. The fourth-order valence-electron chi connectivity index (χ4n) is 2.23. The Hall–Kier alpha value is -1.83. The van der Waals surface area contributed by atoms with Crippen LogP contribution in [0.2, 0.25) is 5.02 Å². The highest BCUT2D eigenvalue weighted by molar-refractivity contribution is 9.10. The van der Waals surface area contributed by atoms with Gasteiger partial charge in [-0.05, 0) is 30.3 Å². The van der Waals surface area contributed by atoms with E-state index >= 15 is 0 Å². The topological polar surface area (TPSA) is 56.2 Å². The van der Waals surface area contributed by atoms with Crippen LogP contribution in [0.25, 0.3) is 17.1 Å². The van der Waals surface area contributed by atoms with Gasteiger partial charge in [-0.1, -0.05) is 45.4 Å². The van der Waals surface area contributed by atoms with Crippen molar-refractivity contribution in [3.63, 3.8) is 0 Å². The molecule has 3 heterocycles. The van der Waals surface area contributed by atoms with Crippen LogP contribution < -0.4 is 0 Å². The van der Waals surface area contributed by atoms with E-state index in [4.69, 9.17) is 16.0 Å². The van der Waals surface area contributed by atoms with Gasteiger partial charge in [0.1, 0.15) is 5.65 Å². The van der Waals surface area contributed by atoms with Crippen LogP contribution in [0.4, 0.5) is 0 Å². The lowest BCUT2D eigenvalue weighted by molar-refractivity contribution is 0.466. The summed E-state index contributed by atoms with van der Waals surface area (Å²) < 4.78 is 8.57. The summed E-state index contributed by atoms with van der Waals surface area (Å²) in [6, 6.07) is 11.5. The molecule has 0 aliphatic carbocycles. The molecule has 0 fully saturated rings. The summed E-state index contributed by atoms with van der Waals surface area (Å²) in [5.74, 6) is 1.14. The van der Waals surface area contributed by atoms with Gasteiger partial charge in [-0.15, -0.1) is 10.2 Å². The molecule has 1 aromatic carbocycles. The first-order valence-electron chi connectivity index (χ1n) is 7.03. The molecule has 0 saturated carbocycles. The van der Waals surface area contributed by atoms with E-state index in [1.165, 1.54) is 11.8 Å². The van der Waals surface area contributed by atoms with Crippen molar-refractivity contribution in [2.24, 2.45) is 0 Å². The first-order chi connectivity index (χ1) is 11.7. The van der Waals surface area contributed by atoms with Crippen LogP contribution in [0.1, 0.15) is 5.69 Å². The lowest BCUT2D eigenvalue weighted by Crippen LogP contribution is -1.79. The minimum absolute atomic E-state index is 0.501. The monoisotopic (exact) mass is 420 g/mol. The molecule has 4 rings (SSSR count). The summed E-state index contributed by atoms with van der Waals surface area (Å²) in [7, 11) is 0. The van der Waals surface area contributed by atoms with Gasteiger partial charge in [0.2, 0.25) is 5.89 Å². The summed E-state index contributed by atoms with van der Waals surface area (Å²) >= 11 is 10.9. The maximum absolute atomic E-state index is 5.98. The average Bonchev–Trinajstić information content (AvgIpc) is 3.19. The van der Waals surface area contributed by atoms with E-state index in [9.17, 15) is 0 Å². The maximum atomic E-state index is 5.98. The van der Waals surface area contributed by atoms with Crippen LogP contribution in [0.3, 0.4) is 0 Å².